The number of hydrogen-bond acceptors (Lipinski definition) is 6. The van der Waals surface area contributed by atoms with E-state index in [1.807, 2.05) is 0 Å². The number of amidine groups is 1. The van der Waals surface area contributed by atoms with Crippen molar-refractivity contribution in [2.75, 3.05) is 11.9 Å². The summed E-state index contributed by atoms with van der Waals surface area (Å²) in [6, 6.07) is 3.64. The van der Waals surface area contributed by atoms with E-state index in [0.717, 1.165) is 13.0 Å². The van der Waals surface area contributed by atoms with E-state index < -0.39 is 41.5 Å². The van der Waals surface area contributed by atoms with Crippen LogP contribution in [0.3, 0.4) is 0 Å². The molecule has 1 aliphatic heterocycles. The zero-order chi connectivity index (χ0) is 22.5. The number of hydrogen-bond donors (Lipinski definition) is 2. The molecule has 0 radical (unpaired) electrons. The lowest BCUT2D eigenvalue weighted by atomic mass is 9.89. The maximum Gasteiger partial charge on any atom is 0.424 e. The van der Waals surface area contributed by atoms with Crippen LogP contribution in [0, 0.1) is 19.7 Å². The average molecular weight is 428 g/mol. The number of aliphatic imine (C=N–C) groups is 1. The molecule has 0 fully saturated rings. The summed E-state index contributed by atoms with van der Waals surface area (Å²) in [6.45, 7) is 4.74. The predicted octanol–water partition coefficient (Wildman–Crippen LogP) is 3.61. The Morgan fingerprint density at radius 2 is 1.93 bits per heavy atom. The Morgan fingerprint density at radius 1 is 1.27 bits per heavy atom. The topological polar surface area (TPSA) is 103 Å². The summed E-state index contributed by atoms with van der Waals surface area (Å²) < 4.78 is 64.7. The summed E-state index contributed by atoms with van der Waals surface area (Å²) in [4.78, 5) is 20.3. The maximum atomic E-state index is 14.6. The molecular weight excluding hydrogens is 408 g/mol. The standard InChI is InChI=1S/C19H20F4N4O3/c1-9-14(25-10(2)30-9)15(28)26-11-5-6-13(20)12(7-11)17(3)8-29-18(4,16(24)27-17)19(21,22)23/h5-7H,8H2,1-4H3,(H2,24,27)(H,26,28)/t17-,18+/m0/s1. The minimum Gasteiger partial charge on any atom is -0.445 e. The molecule has 0 aliphatic carbocycles. The third kappa shape index (κ3) is 3.64. The number of aromatic nitrogens is 1. The van der Waals surface area contributed by atoms with Gasteiger partial charge in [0.25, 0.3) is 5.91 Å². The Bertz CT molecular complexity index is 1030. The molecule has 1 aliphatic rings. The molecule has 7 nitrogen and oxygen atoms in total. The van der Waals surface area contributed by atoms with E-state index >= 15 is 0 Å². The second kappa shape index (κ2) is 7.08. The molecule has 0 bridgehead atoms. The van der Waals surface area contributed by atoms with Gasteiger partial charge in [0.1, 0.15) is 23.0 Å². The first-order valence-corrected chi connectivity index (χ1v) is 8.89. The van der Waals surface area contributed by atoms with Crippen LogP contribution in [0.15, 0.2) is 27.6 Å². The van der Waals surface area contributed by atoms with E-state index in [1.54, 1.807) is 13.8 Å². The maximum absolute atomic E-state index is 14.6. The highest BCUT2D eigenvalue weighted by Gasteiger charge is 2.59. The van der Waals surface area contributed by atoms with E-state index in [0.29, 0.717) is 11.7 Å². The molecular formula is C19H20F4N4O3. The Morgan fingerprint density at radius 3 is 2.47 bits per heavy atom. The number of carbonyl (C=O) groups is 1. The minimum atomic E-state index is -4.79. The number of nitrogens with zero attached hydrogens (tertiary/aromatic N) is 2. The Kier molecular flexibility index (Phi) is 5.13. The number of nitrogens with one attached hydrogen (secondary N) is 1. The van der Waals surface area contributed by atoms with Gasteiger partial charge in [0.05, 0.1) is 6.61 Å². The van der Waals surface area contributed by atoms with Gasteiger partial charge in [0, 0.05) is 18.2 Å². The van der Waals surface area contributed by atoms with Crippen LogP contribution in [-0.4, -0.2) is 35.1 Å². The summed E-state index contributed by atoms with van der Waals surface area (Å²) >= 11 is 0. The fourth-order valence-electron chi connectivity index (χ4n) is 3.07. The van der Waals surface area contributed by atoms with Gasteiger partial charge < -0.3 is 20.2 Å². The molecule has 1 aromatic heterocycles. The number of nitrogens with two attached hydrogens (primary N) is 1. The van der Waals surface area contributed by atoms with Gasteiger partial charge in [-0.15, -0.1) is 0 Å². The number of amides is 1. The summed E-state index contributed by atoms with van der Waals surface area (Å²) in [5, 5.41) is 2.56. The molecule has 3 N–H and O–H groups in total. The van der Waals surface area contributed by atoms with Gasteiger partial charge in [-0.25, -0.2) is 9.37 Å². The van der Waals surface area contributed by atoms with Crippen LogP contribution in [0.4, 0.5) is 23.2 Å². The number of rotatable bonds is 3. The largest absolute Gasteiger partial charge is 0.445 e. The van der Waals surface area contributed by atoms with E-state index in [1.165, 1.54) is 19.1 Å². The molecule has 0 saturated carbocycles. The van der Waals surface area contributed by atoms with Gasteiger partial charge in [-0.1, -0.05) is 0 Å². The Balaban J connectivity index is 1.94. The van der Waals surface area contributed by atoms with Crippen LogP contribution in [0.2, 0.25) is 0 Å². The van der Waals surface area contributed by atoms with E-state index in [-0.39, 0.29) is 16.9 Å². The number of benzene rings is 1. The van der Waals surface area contributed by atoms with Crippen molar-refractivity contribution in [2.45, 2.75) is 45.0 Å². The lowest BCUT2D eigenvalue weighted by Gasteiger charge is -2.41. The number of halogens is 4. The number of alkyl halides is 3. The van der Waals surface area contributed by atoms with Gasteiger partial charge in [0.2, 0.25) is 5.60 Å². The fourth-order valence-corrected chi connectivity index (χ4v) is 3.07. The third-order valence-corrected chi connectivity index (χ3v) is 4.96. The molecule has 0 saturated heterocycles. The van der Waals surface area contributed by atoms with Gasteiger partial charge in [0.15, 0.2) is 11.6 Å². The van der Waals surface area contributed by atoms with Crippen LogP contribution in [0.1, 0.15) is 41.6 Å². The SMILES string of the molecule is Cc1nc(C(=O)Nc2ccc(F)c([C@]3(C)CO[C@@](C)(C(F)(F)F)C(N)=N3)c2)c(C)o1. The van der Waals surface area contributed by atoms with Crippen molar-refractivity contribution < 1.29 is 31.5 Å². The highest BCUT2D eigenvalue weighted by Crippen LogP contribution is 2.41. The van der Waals surface area contributed by atoms with Gasteiger partial charge in [-0.3, -0.25) is 9.79 Å². The number of aryl methyl sites for hydroxylation is 2. The smallest absolute Gasteiger partial charge is 0.424 e. The van der Waals surface area contributed by atoms with Crippen LogP contribution >= 0.6 is 0 Å². The second-order valence-electron chi connectivity index (χ2n) is 7.38. The molecule has 2 atom stereocenters. The lowest BCUT2D eigenvalue weighted by Crippen LogP contribution is -2.60. The van der Waals surface area contributed by atoms with Crippen LogP contribution in [0.5, 0.6) is 0 Å². The van der Waals surface area contributed by atoms with Gasteiger partial charge in [-0.2, -0.15) is 13.2 Å². The van der Waals surface area contributed by atoms with E-state index in [2.05, 4.69) is 15.3 Å². The van der Waals surface area contributed by atoms with Crippen molar-refractivity contribution in [3.8, 4) is 0 Å². The summed E-state index contributed by atoms with van der Waals surface area (Å²) in [5.74, 6) is -1.52. The molecule has 2 heterocycles. The second-order valence-corrected chi connectivity index (χ2v) is 7.38. The number of oxazole rings is 1. The molecule has 30 heavy (non-hydrogen) atoms. The highest BCUT2D eigenvalue weighted by atomic mass is 19.4. The first-order valence-electron chi connectivity index (χ1n) is 8.89. The van der Waals surface area contributed by atoms with E-state index in [4.69, 9.17) is 14.9 Å². The summed E-state index contributed by atoms with van der Waals surface area (Å²) in [7, 11) is 0. The molecule has 0 unspecified atom stereocenters. The normalized spacial score (nSPS) is 24.5. The van der Waals surface area contributed by atoms with Crippen molar-refractivity contribution in [1.82, 2.24) is 4.98 Å². The first kappa shape index (κ1) is 21.8. The van der Waals surface area contributed by atoms with Crippen molar-refractivity contribution in [2.24, 2.45) is 10.7 Å². The van der Waals surface area contributed by atoms with Crippen molar-refractivity contribution >= 4 is 17.4 Å². The van der Waals surface area contributed by atoms with Crippen molar-refractivity contribution in [3.05, 3.63) is 46.9 Å². The molecule has 3 rings (SSSR count). The predicted molar refractivity (Wildman–Crippen MR) is 99.7 cm³/mol. The van der Waals surface area contributed by atoms with Gasteiger partial charge >= 0.3 is 6.18 Å². The quantitative estimate of drug-likeness (QED) is 0.727. The average Bonchev–Trinajstić information content (AvgIpc) is 2.97. The summed E-state index contributed by atoms with van der Waals surface area (Å²) in [5.41, 5.74) is 1.45. The van der Waals surface area contributed by atoms with Crippen LogP contribution in [-0.2, 0) is 10.3 Å². The van der Waals surface area contributed by atoms with Gasteiger partial charge in [-0.05, 0) is 39.0 Å². The fraction of sp³-hybridized carbons (Fsp3) is 0.421. The Hall–Kier alpha value is -2.95. The Labute approximate surface area is 169 Å². The molecule has 0 spiro atoms. The van der Waals surface area contributed by atoms with Crippen molar-refractivity contribution in [1.29, 1.82) is 0 Å². The molecule has 11 heteroatoms. The molecule has 2 aromatic rings. The first-order chi connectivity index (χ1) is 13.8. The number of carbonyl (C=O) groups excluding carboxylic acids is 1. The molecule has 162 valence electrons. The molecule has 1 aromatic carbocycles. The minimum absolute atomic E-state index is 0.0637. The number of ether oxygens (including phenoxy) is 1. The van der Waals surface area contributed by atoms with Crippen molar-refractivity contribution in [3.63, 3.8) is 0 Å². The zero-order valence-corrected chi connectivity index (χ0v) is 16.6. The zero-order valence-electron chi connectivity index (χ0n) is 16.6. The molecule has 1 amide bonds. The lowest BCUT2D eigenvalue weighted by molar-refractivity contribution is -0.249. The van der Waals surface area contributed by atoms with Crippen LogP contribution < -0.4 is 11.1 Å². The highest BCUT2D eigenvalue weighted by molar-refractivity contribution is 6.03. The van der Waals surface area contributed by atoms with E-state index in [9.17, 15) is 22.4 Å². The monoisotopic (exact) mass is 428 g/mol. The third-order valence-electron chi connectivity index (χ3n) is 4.96. The number of anilines is 1. The van der Waals surface area contributed by atoms with Crippen LogP contribution in [0.25, 0.3) is 0 Å². The summed E-state index contributed by atoms with van der Waals surface area (Å²) in [6.07, 6.45) is -4.79.